The fraction of sp³-hybridized carbons (Fsp3) is 0.125. The molecule has 0 aliphatic heterocycles. The number of hydrogen-bond acceptors (Lipinski definition) is 3. The van der Waals surface area contributed by atoms with Gasteiger partial charge in [0.1, 0.15) is 0 Å². The van der Waals surface area contributed by atoms with Gasteiger partial charge < -0.3 is 10.4 Å². The van der Waals surface area contributed by atoms with Crippen LogP contribution < -0.4 is 5.32 Å². The van der Waals surface area contributed by atoms with Gasteiger partial charge >= 0.3 is 0 Å². The predicted molar refractivity (Wildman–Crippen MR) is 78.7 cm³/mol. The monoisotopic (exact) mass is 281 g/mol. The number of hydrogen-bond donors (Lipinski definition) is 2. The number of rotatable bonds is 4. The van der Waals surface area contributed by atoms with E-state index in [-0.39, 0.29) is 12.5 Å². The van der Waals surface area contributed by atoms with Crippen molar-refractivity contribution in [2.45, 2.75) is 13.2 Å². The lowest BCUT2D eigenvalue weighted by Crippen LogP contribution is -2.22. The molecule has 21 heavy (non-hydrogen) atoms. The molecule has 0 fully saturated rings. The van der Waals surface area contributed by atoms with Gasteiger partial charge in [0.15, 0.2) is 0 Å². The van der Waals surface area contributed by atoms with Gasteiger partial charge in [-0.25, -0.2) is 4.52 Å². The molecule has 0 atom stereocenters. The number of pyridine rings is 1. The van der Waals surface area contributed by atoms with Crippen LogP contribution in [0.5, 0.6) is 0 Å². The minimum absolute atomic E-state index is 0.0229. The van der Waals surface area contributed by atoms with Gasteiger partial charge in [-0.2, -0.15) is 5.10 Å². The van der Waals surface area contributed by atoms with Crippen molar-refractivity contribution >= 4 is 11.4 Å². The largest absolute Gasteiger partial charge is 0.392 e. The molecule has 106 valence electrons. The summed E-state index contributed by atoms with van der Waals surface area (Å²) in [4.78, 5) is 12.2. The van der Waals surface area contributed by atoms with Crippen LogP contribution in [0.4, 0.5) is 0 Å². The number of aliphatic hydroxyl groups excluding tert-OH is 1. The first-order chi connectivity index (χ1) is 10.3. The maximum absolute atomic E-state index is 12.2. The van der Waals surface area contributed by atoms with E-state index in [0.717, 1.165) is 16.6 Å². The lowest BCUT2D eigenvalue weighted by Gasteiger charge is -2.05. The molecule has 0 aliphatic carbocycles. The van der Waals surface area contributed by atoms with Crippen molar-refractivity contribution in [1.29, 1.82) is 0 Å². The van der Waals surface area contributed by atoms with E-state index in [0.29, 0.717) is 12.1 Å². The zero-order valence-corrected chi connectivity index (χ0v) is 11.4. The first-order valence-electron chi connectivity index (χ1n) is 6.67. The van der Waals surface area contributed by atoms with Gasteiger partial charge in [-0.05, 0) is 23.3 Å². The second kappa shape index (κ2) is 5.76. The van der Waals surface area contributed by atoms with E-state index >= 15 is 0 Å². The molecule has 0 radical (unpaired) electrons. The van der Waals surface area contributed by atoms with Gasteiger partial charge in [-0.3, -0.25) is 4.79 Å². The van der Waals surface area contributed by atoms with E-state index < -0.39 is 0 Å². The molecule has 0 saturated heterocycles. The number of benzene rings is 1. The Morgan fingerprint density at radius 2 is 1.90 bits per heavy atom. The standard InChI is InChI=1S/C16H15N3O2/c20-11-13-6-4-12(5-7-13)9-17-16(21)14-10-18-19-8-2-1-3-15(14)19/h1-8,10,20H,9,11H2,(H,17,21). The van der Waals surface area contributed by atoms with Crippen molar-refractivity contribution in [3.05, 3.63) is 71.5 Å². The molecule has 5 heteroatoms. The third kappa shape index (κ3) is 2.78. The van der Waals surface area contributed by atoms with Gasteiger partial charge in [-0.1, -0.05) is 30.3 Å². The molecule has 5 nitrogen and oxygen atoms in total. The Morgan fingerprint density at radius 1 is 1.14 bits per heavy atom. The van der Waals surface area contributed by atoms with Crippen LogP contribution in [0.3, 0.4) is 0 Å². The fourth-order valence-corrected chi connectivity index (χ4v) is 2.15. The van der Waals surface area contributed by atoms with E-state index in [1.165, 1.54) is 0 Å². The van der Waals surface area contributed by atoms with Crippen LogP contribution in [0.25, 0.3) is 5.52 Å². The van der Waals surface area contributed by atoms with Gasteiger partial charge in [-0.15, -0.1) is 0 Å². The number of fused-ring (bicyclic) bond motifs is 1. The SMILES string of the molecule is O=C(NCc1ccc(CO)cc1)c1cnn2ccccc12. The maximum atomic E-state index is 12.2. The van der Waals surface area contributed by atoms with E-state index in [2.05, 4.69) is 10.4 Å². The molecule has 0 saturated carbocycles. The summed E-state index contributed by atoms with van der Waals surface area (Å²) < 4.78 is 1.67. The smallest absolute Gasteiger partial charge is 0.255 e. The van der Waals surface area contributed by atoms with Gasteiger partial charge in [0.05, 0.1) is 23.9 Å². The molecular formula is C16H15N3O2. The van der Waals surface area contributed by atoms with Gasteiger partial charge in [0.25, 0.3) is 5.91 Å². The van der Waals surface area contributed by atoms with Crippen molar-refractivity contribution < 1.29 is 9.90 Å². The molecule has 1 aromatic carbocycles. The molecule has 2 aromatic heterocycles. The van der Waals surface area contributed by atoms with Crippen molar-refractivity contribution in [1.82, 2.24) is 14.9 Å². The van der Waals surface area contributed by atoms with Crippen LogP contribution in [0.2, 0.25) is 0 Å². The Kier molecular flexibility index (Phi) is 3.66. The number of carbonyl (C=O) groups excluding carboxylic acids is 1. The van der Waals surface area contributed by atoms with Gasteiger partial charge in [0, 0.05) is 12.7 Å². The predicted octanol–water partition coefficient (Wildman–Crippen LogP) is 1.76. The molecule has 2 heterocycles. The van der Waals surface area contributed by atoms with Crippen LogP contribution in [0, 0.1) is 0 Å². The van der Waals surface area contributed by atoms with Crippen molar-refractivity contribution in [3.63, 3.8) is 0 Å². The third-order valence-electron chi connectivity index (χ3n) is 3.33. The first-order valence-corrected chi connectivity index (χ1v) is 6.67. The molecule has 0 spiro atoms. The van der Waals surface area contributed by atoms with E-state index in [1.807, 2.05) is 42.5 Å². The van der Waals surface area contributed by atoms with E-state index in [9.17, 15) is 4.79 Å². The minimum Gasteiger partial charge on any atom is -0.392 e. The van der Waals surface area contributed by atoms with E-state index in [4.69, 9.17) is 5.11 Å². The molecule has 3 rings (SSSR count). The number of carbonyl (C=O) groups is 1. The van der Waals surface area contributed by atoms with E-state index in [1.54, 1.807) is 16.9 Å². The average Bonchev–Trinajstić information content (AvgIpc) is 2.97. The second-order valence-corrected chi connectivity index (χ2v) is 4.75. The average molecular weight is 281 g/mol. The lowest BCUT2D eigenvalue weighted by atomic mass is 10.1. The summed E-state index contributed by atoms with van der Waals surface area (Å²) in [7, 11) is 0. The second-order valence-electron chi connectivity index (χ2n) is 4.75. The number of aromatic nitrogens is 2. The summed E-state index contributed by atoms with van der Waals surface area (Å²) in [5.74, 6) is -0.151. The Hall–Kier alpha value is -2.66. The Labute approximate surface area is 121 Å². The highest BCUT2D eigenvalue weighted by Crippen LogP contribution is 2.10. The summed E-state index contributed by atoms with van der Waals surface area (Å²) in [6.07, 6.45) is 3.37. The highest BCUT2D eigenvalue weighted by Gasteiger charge is 2.11. The summed E-state index contributed by atoms with van der Waals surface area (Å²) in [5, 5.41) is 16.0. The van der Waals surface area contributed by atoms with Crippen LogP contribution in [-0.4, -0.2) is 20.6 Å². The van der Waals surface area contributed by atoms with Crippen molar-refractivity contribution in [3.8, 4) is 0 Å². The summed E-state index contributed by atoms with van der Waals surface area (Å²) in [5.41, 5.74) is 3.18. The molecule has 3 aromatic rings. The topological polar surface area (TPSA) is 66.6 Å². The normalized spacial score (nSPS) is 10.7. The van der Waals surface area contributed by atoms with Crippen LogP contribution in [-0.2, 0) is 13.2 Å². The highest BCUT2D eigenvalue weighted by molar-refractivity contribution is 6.00. The van der Waals surface area contributed by atoms with Crippen LogP contribution >= 0.6 is 0 Å². The molecule has 0 bridgehead atoms. The third-order valence-corrected chi connectivity index (χ3v) is 3.33. The Bertz CT molecular complexity index is 763. The molecular weight excluding hydrogens is 266 g/mol. The molecule has 0 aliphatic rings. The van der Waals surface area contributed by atoms with Crippen molar-refractivity contribution in [2.75, 3.05) is 0 Å². The Morgan fingerprint density at radius 3 is 2.67 bits per heavy atom. The molecule has 0 unspecified atom stereocenters. The summed E-state index contributed by atoms with van der Waals surface area (Å²) >= 11 is 0. The number of nitrogens with one attached hydrogen (secondary N) is 1. The maximum Gasteiger partial charge on any atom is 0.255 e. The van der Waals surface area contributed by atoms with Crippen LogP contribution in [0.15, 0.2) is 54.9 Å². The molecule has 1 amide bonds. The highest BCUT2D eigenvalue weighted by atomic mass is 16.3. The lowest BCUT2D eigenvalue weighted by molar-refractivity contribution is 0.0952. The van der Waals surface area contributed by atoms with Crippen LogP contribution in [0.1, 0.15) is 21.5 Å². The number of aliphatic hydroxyl groups is 1. The Balaban J connectivity index is 1.71. The zero-order chi connectivity index (χ0) is 14.7. The zero-order valence-electron chi connectivity index (χ0n) is 11.4. The summed E-state index contributed by atoms with van der Waals surface area (Å²) in [6, 6.07) is 13.1. The van der Waals surface area contributed by atoms with Crippen molar-refractivity contribution in [2.24, 2.45) is 0 Å². The quantitative estimate of drug-likeness (QED) is 0.765. The fourth-order valence-electron chi connectivity index (χ4n) is 2.15. The minimum atomic E-state index is -0.151. The number of nitrogens with zero attached hydrogens (tertiary/aromatic N) is 2. The summed E-state index contributed by atoms with van der Waals surface area (Å²) in [6.45, 7) is 0.462. The molecule has 2 N–H and O–H groups in total. The van der Waals surface area contributed by atoms with Gasteiger partial charge in [0.2, 0.25) is 0 Å². The number of amides is 1. The first kappa shape index (κ1) is 13.3.